The highest BCUT2D eigenvalue weighted by Crippen LogP contribution is 2.38. The number of hydrogen-bond acceptors (Lipinski definition) is 4. The van der Waals surface area contributed by atoms with Crippen molar-refractivity contribution in [2.24, 2.45) is 7.05 Å². The minimum Gasteiger partial charge on any atom is -0.439 e. The predicted octanol–water partition coefficient (Wildman–Crippen LogP) is 4.13. The first-order valence-electron chi connectivity index (χ1n) is 8.74. The van der Waals surface area contributed by atoms with Crippen molar-refractivity contribution in [2.75, 3.05) is 5.32 Å². The molecule has 1 saturated carbocycles. The summed E-state index contributed by atoms with van der Waals surface area (Å²) in [5.74, 6) is 1.81. The van der Waals surface area contributed by atoms with Crippen molar-refractivity contribution in [3.05, 3.63) is 66.0 Å². The summed E-state index contributed by atoms with van der Waals surface area (Å²) < 4.78 is 7.36. The maximum atomic E-state index is 12.8. The lowest BCUT2D eigenvalue weighted by Gasteiger charge is -2.25. The molecule has 0 bridgehead atoms. The first-order valence-corrected chi connectivity index (χ1v) is 8.74. The molecule has 1 aromatic carbocycles. The zero-order valence-corrected chi connectivity index (χ0v) is 14.6. The second-order valence-electron chi connectivity index (χ2n) is 6.43. The summed E-state index contributed by atoms with van der Waals surface area (Å²) in [4.78, 5) is 17.2. The lowest BCUT2D eigenvalue weighted by Crippen LogP contribution is -2.21. The van der Waals surface area contributed by atoms with Crippen LogP contribution in [0.15, 0.2) is 54.7 Å². The Morgan fingerprint density at radius 1 is 1.15 bits per heavy atom. The molecule has 1 N–H and O–H groups in total. The molecule has 0 spiro atoms. The van der Waals surface area contributed by atoms with Crippen molar-refractivity contribution in [1.29, 1.82) is 0 Å². The van der Waals surface area contributed by atoms with E-state index < -0.39 is 0 Å². The summed E-state index contributed by atoms with van der Waals surface area (Å²) >= 11 is 0. The standard InChI is InChI=1S/C20H20N4O2/c1-24-19(16(13-21-24)14-7-5-8-14)20(25)23-17-11-6-12-18(22-17)26-15-9-3-2-4-10-15/h2-4,6,9-14H,5,7-8H2,1H3,(H,22,23,25). The van der Waals surface area contributed by atoms with E-state index in [-0.39, 0.29) is 5.91 Å². The number of aromatic nitrogens is 3. The van der Waals surface area contributed by atoms with Crippen LogP contribution >= 0.6 is 0 Å². The van der Waals surface area contributed by atoms with E-state index in [0.717, 1.165) is 18.4 Å². The monoisotopic (exact) mass is 348 g/mol. The number of aryl methyl sites for hydroxylation is 1. The van der Waals surface area contributed by atoms with Gasteiger partial charge < -0.3 is 10.1 Å². The molecule has 1 aliphatic rings. The van der Waals surface area contributed by atoms with Gasteiger partial charge in [0.25, 0.3) is 5.91 Å². The molecular formula is C20H20N4O2. The molecular weight excluding hydrogens is 328 g/mol. The number of para-hydroxylation sites is 1. The van der Waals surface area contributed by atoms with Gasteiger partial charge in [-0.1, -0.05) is 30.7 Å². The zero-order valence-electron chi connectivity index (χ0n) is 14.6. The lowest BCUT2D eigenvalue weighted by atomic mass is 9.80. The highest BCUT2D eigenvalue weighted by atomic mass is 16.5. The number of pyridine rings is 1. The van der Waals surface area contributed by atoms with Gasteiger partial charge in [-0.15, -0.1) is 0 Å². The van der Waals surface area contributed by atoms with E-state index in [0.29, 0.717) is 29.1 Å². The summed E-state index contributed by atoms with van der Waals surface area (Å²) in [7, 11) is 1.79. The third kappa shape index (κ3) is 3.31. The van der Waals surface area contributed by atoms with Crippen LogP contribution in [-0.2, 0) is 7.05 Å². The molecule has 26 heavy (non-hydrogen) atoms. The molecule has 0 aliphatic heterocycles. The van der Waals surface area contributed by atoms with Crippen LogP contribution in [0.1, 0.15) is 41.2 Å². The van der Waals surface area contributed by atoms with E-state index in [4.69, 9.17) is 4.74 Å². The fourth-order valence-corrected chi connectivity index (χ4v) is 3.08. The Labute approximate surface area is 151 Å². The largest absolute Gasteiger partial charge is 0.439 e. The Bertz CT molecular complexity index is 917. The second kappa shape index (κ2) is 7.00. The normalized spacial score (nSPS) is 13.9. The summed E-state index contributed by atoms with van der Waals surface area (Å²) in [6.45, 7) is 0. The molecule has 6 heteroatoms. The number of carbonyl (C=O) groups is 1. The molecule has 6 nitrogen and oxygen atoms in total. The van der Waals surface area contributed by atoms with Crippen LogP contribution in [0.3, 0.4) is 0 Å². The molecule has 0 radical (unpaired) electrons. The van der Waals surface area contributed by atoms with Gasteiger partial charge in [0.05, 0.1) is 6.20 Å². The fraction of sp³-hybridized carbons (Fsp3) is 0.250. The van der Waals surface area contributed by atoms with E-state index in [2.05, 4.69) is 15.4 Å². The number of anilines is 1. The first kappa shape index (κ1) is 16.3. The van der Waals surface area contributed by atoms with Crippen molar-refractivity contribution < 1.29 is 9.53 Å². The van der Waals surface area contributed by atoms with Gasteiger partial charge in [0.15, 0.2) is 0 Å². The number of benzene rings is 1. The Morgan fingerprint density at radius 3 is 2.69 bits per heavy atom. The quantitative estimate of drug-likeness (QED) is 0.753. The predicted molar refractivity (Wildman–Crippen MR) is 98.5 cm³/mol. The number of hydrogen-bond donors (Lipinski definition) is 1. The third-order valence-corrected chi connectivity index (χ3v) is 4.66. The van der Waals surface area contributed by atoms with Gasteiger partial charge >= 0.3 is 0 Å². The van der Waals surface area contributed by atoms with E-state index in [1.807, 2.05) is 30.3 Å². The summed E-state index contributed by atoms with van der Waals surface area (Å²) in [6.07, 6.45) is 5.25. The molecule has 0 saturated heterocycles. The molecule has 2 heterocycles. The molecule has 3 aromatic rings. The lowest BCUT2D eigenvalue weighted by molar-refractivity contribution is 0.101. The maximum absolute atomic E-state index is 12.8. The van der Waals surface area contributed by atoms with E-state index in [1.54, 1.807) is 36.1 Å². The molecule has 1 fully saturated rings. The van der Waals surface area contributed by atoms with Crippen LogP contribution in [0.2, 0.25) is 0 Å². The van der Waals surface area contributed by atoms with Gasteiger partial charge in [-0.05, 0) is 37.0 Å². The van der Waals surface area contributed by atoms with Crippen LogP contribution in [0.4, 0.5) is 5.82 Å². The minimum atomic E-state index is -0.198. The van der Waals surface area contributed by atoms with E-state index in [1.165, 1.54) is 6.42 Å². The van der Waals surface area contributed by atoms with Gasteiger partial charge in [-0.25, -0.2) is 0 Å². The van der Waals surface area contributed by atoms with Gasteiger partial charge in [-0.2, -0.15) is 10.1 Å². The summed E-state index contributed by atoms with van der Waals surface area (Å²) in [5.41, 5.74) is 1.62. The molecule has 2 aromatic heterocycles. The summed E-state index contributed by atoms with van der Waals surface area (Å²) in [5, 5.41) is 7.13. The van der Waals surface area contributed by atoms with Gasteiger partial charge in [0.1, 0.15) is 17.3 Å². The summed E-state index contributed by atoms with van der Waals surface area (Å²) in [6, 6.07) is 14.7. The molecule has 132 valence electrons. The number of ether oxygens (including phenoxy) is 1. The number of amides is 1. The molecule has 0 unspecified atom stereocenters. The molecule has 1 amide bonds. The number of rotatable bonds is 5. The van der Waals surface area contributed by atoms with E-state index >= 15 is 0 Å². The molecule has 4 rings (SSSR count). The van der Waals surface area contributed by atoms with Crippen LogP contribution in [0.5, 0.6) is 11.6 Å². The smallest absolute Gasteiger partial charge is 0.275 e. The Kier molecular flexibility index (Phi) is 4.39. The number of nitrogens with one attached hydrogen (secondary N) is 1. The fourth-order valence-electron chi connectivity index (χ4n) is 3.08. The second-order valence-corrected chi connectivity index (χ2v) is 6.43. The van der Waals surface area contributed by atoms with Crippen molar-refractivity contribution >= 4 is 11.7 Å². The van der Waals surface area contributed by atoms with Crippen molar-refractivity contribution in [1.82, 2.24) is 14.8 Å². The number of carbonyl (C=O) groups excluding carboxylic acids is 1. The van der Waals surface area contributed by atoms with Crippen LogP contribution < -0.4 is 10.1 Å². The van der Waals surface area contributed by atoms with Crippen molar-refractivity contribution in [2.45, 2.75) is 25.2 Å². The third-order valence-electron chi connectivity index (χ3n) is 4.66. The molecule has 0 atom stereocenters. The zero-order chi connectivity index (χ0) is 17.9. The van der Waals surface area contributed by atoms with Crippen LogP contribution in [-0.4, -0.2) is 20.7 Å². The Morgan fingerprint density at radius 2 is 1.96 bits per heavy atom. The van der Waals surface area contributed by atoms with Crippen molar-refractivity contribution in [3.8, 4) is 11.6 Å². The average molecular weight is 348 g/mol. The Balaban J connectivity index is 1.52. The van der Waals surface area contributed by atoms with E-state index in [9.17, 15) is 4.79 Å². The van der Waals surface area contributed by atoms with Crippen LogP contribution in [0, 0.1) is 0 Å². The van der Waals surface area contributed by atoms with Crippen LogP contribution in [0.25, 0.3) is 0 Å². The highest BCUT2D eigenvalue weighted by molar-refractivity contribution is 6.03. The van der Waals surface area contributed by atoms with Crippen molar-refractivity contribution in [3.63, 3.8) is 0 Å². The van der Waals surface area contributed by atoms with Gasteiger partial charge in [-0.3, -0.25) is 9.48 Å². The first-order chi connectivity index (χ1) is 12.7. The van der Waals surface area contributed by atoms with Gasteiger partial charge in [0, 0.05) is 18.7 Å². The topological polar surface area (TPSA) is 69.0 Å². The minimum absolute atomic E-state index is 0.198. The highest BCUT2D eigenvalue weighted by Gasteiger charge is 2.27. The average Bonchev–Trinajstić information content (AvgIpc) is 2.96. The Hall–Kier alpha value is -3.15. The maximum Gasteiger partial charge on any atom is 0.275 e. The SMILES string of the molecule is Cn1ncc(C2CCC2)c1C(=O)Nc1cccc(Oc2ccccc2)n1. The number of nitrogens with zero attached hydrogens (tertiary/aromatic N) is 3. The molecule has 1 aliphatic carbocycles. The van der Waals surface area contributed by atoms with Gasteiger partial charge in [0.2, 0.25) is 5.88 Å².